The van der Waals surface area contributed by atoms with E-state index in [2.05, 4.69) is 25.6 Å². The van der Waals surface area contributed by atoms with Crippen LogP contribution in [0.5, 0.6) is 6.01 Å². The highest BCUT2D eigenvalue weighted by Gasteiger charge is 2.11. The van der Waals surface area contributed by atoms with Crippen molar-refractivity contribution >= 4 is 11.9 Å². The fourth-order valence-corrected chi connectivity index (χ4v) is 1.18. The summed E-state index contributed by atoms with van der Waals surface area (Å²) >= 11 is 0. The molecule has 1 aromatic rings. The lowest BCUT2D eigenvalue weighted by molar-refractivity contribution is 0.203. The first-order valence-corrected chi connectivity index (χ1v) is 5.84. The van der Waals surface area contributed by atoms with Crippen molar-refractivity contribution in [3.8, 4) is 6.01 Å². The van der Waals surface area contributed by atoms with E-state index in [4.69, 9.17) is 14.9 Å². The molecule has 0 bridgehead atoms. The molecule has 0 aliphatic rings. The summed E-state index contributed by atoms with van der Waals surface area (Å²) in [7, 11) is 0. The fourth-order valence-electron chi connectivity index (χ4n) is 1.18. The Kier molecular flexibility index (Phi) is 6.09. The summed E-state index contributed by atoms with van der Waals surface area (Å²) < 4.78 is 5.22. The third kappa shape index (κ3) is 4.30. The highest BCUT2D eigenvalue weighted by atomic mass is 16.5. The number of aliphatic hydroxyl groups is 2. The van der Waals surface area contributed by atoms with Crippen LogP contribution in [-0.2, 0) is 0 Å². The van der Waals surface area contributed by atoms with Crippen molar-refractivity contribution in [3.05, 3.63) is 0 Å². The molecule has 0 radical (unpaired) electrons. The Morgan fingerprint density at radius 1 is 1.11 bits per heavy atom. The second kappa shape index (κ2) is 7.62. The van der Waals surface area contributed by atoms with E-state index in [9.17, 15) is 0 Å². The van der Waals surface area contributed by atoms with Crippen molar-refractivity contribution in [3.63, 3.8) is 0 Å². The Labute approximate surface area is 105 Å². The van der Waals surface area contributed by atoms with Crippen molar-refractivity contribution < 1.29 is 14.9 Å². The lowest BCUT2D eigenvalue weighted by atomic mass is 10.3. The fraction of sp³-hybridized carbons (Fsp3) is 0.700. The number of hydrogen-bond acceptors (Lipinski definition) is 8. The number of aliphatic hydroxyl groups excluding tert-OH is 2. The second-order valence-corrected chi connectivity index (χ2v) is 3.43. The van der Waals surface area contributed by atoms with E-state index >= 15 is 0 Å². The number of nitrogens with zero attached hydrogens (tertiary/aromatic N) is 3. The minimum atomic E-state index is -0.517. The van der Waals surface area contributed by atoms with Crippen molar-refractivity contribution in [1.82, 2.24) is 15.0 Å². The molecule has 0 aliphatic heterocycles. The SMILES string of the molecule is CCNc1nc(NC(CO)CO)nc(OCC)n1. The van der Waals surface area contributed by atoms with Crippen molar-refractivity contribution in [2.45, 2.75) is 19.9 Å². The average Bonchev–Trinajstić information content (AvgIpc) is 2.36. The standard InChI is InChI=1S/C10H19N5O3/c1-3-11-8-13-9(12-7(5-16)6-17)15-10(14-8)18-4-2/h7,16-17H,3-6H2,1-2H3,(H2,11,12,13,14,15). The molecule has 8 heteroatoms. The van der Waals surface area contributed by atoms with Gasteiger partial charge >= 0.3 is 6.01 Å². The molecule has 0 amide bonds. The molecule has 18 heavy (non-hydrogen) atoms. The van der Waals surface area contributed by atoms with Gasteiger partial charge in [0.05, 0.1) is 25.9 Å². The predicted molar refractivity (Wildman–Crippen MR) is 66.7 cm³/mol. The molecule has 102 valence electrons. The normalized spacial score (nSPS) is 10.5. The van der Waals surface area contributed by atoms with Crippen LogP contribution in [0.3, 0.4) is 0 Å². The van der Waals surface area contributed by atoms with Gasteiger partial charge in [0.1, 0.15) is 0 Å². The summed E-state index contributed by atoms with van der Waals surface area (Å²) in [6.07, 6.45) is 0. The Hall–Kier alpha value is -1.67. The summed E-state index contributed by atoms with van der Waals surface area (Å²) in [6, 6.07) is -0.322. The van der Waals surface area contributed by atoms with Gasteiger partial charge in [0, 0.05) is 6.54 Å². The molecule has 1 aromatic heterocycles. The molecule has 0 fully saturated rings. The van der Waals surface area contributed by atoms with E-state index in [1.807, 2.05) is 13.8 Å². The largest absolute Gasteiger partial charge is 0.464 e. The molecular weight excluding hydrogens is 238 g/mol. The summed E-state index contributed by atoms with van der Waals surface area (Å²) in [4.78, 5) is 12.2. The van der Waals surface area contributed by atoms with Gasteiger partial charge in [-0.05, 0) is 13.8 Å². The first kappa shape index (κ1) is 14.4. The zero-order valence-corrected chi connectivity index (χ0v) is 10.6. The Bertz CT molecular complexity index is 335. The first-order chi connectivity index (χ1) is 8.73. The second-order valence-electron chi connectivity index (χ2n) is 3.43. The third-order valence-electron chi connectivity index (χ3n) is 2.00. The number of hydrogen-bond donors (Lipinski definition) is 4. The van der Waals surface area contributed by atoms with E-state index in [0.717, 1.165) is 0 Å². The van der Waals surface area contributed by atoms with Gasteiger partial charge in [0.2, 0.25) is 11.9 Å². The Morgan fingerprint density at radius 3 is 2.33 bits per heavy atom. The van der Waals surface area contributed by atoms with Crippen LogP contribution in [0.4, 0.5) is 11.9 Å². The smallest absolute Gasteiger partial charge is 0.323 e. The van der Waals surface area contributed by atoms with Crippen LogP contribution in [0, 0.1) is 0 Å². The first-order valence-electron chi connectivity index (χ1n) is 5.84. The maximum absolute atomic E-state index is 8.99. The highest BCUT2D eigenvalue weighted by molar-refractivity contribution is 5.36. The number of nitrogens with one attached hydrogen (secondary N) is 2. The van der Waals surface area contributed by atoms with Gasteiger partial charge in [-0.2, -0.15) is 15.0 Å². The average molecular weight is 257 g/mol. The zero-order valence-electron chi connectivity index (χ0n) is 10.6. The van der Waals surface area contributed by atoms with Gasteiger partial charge in [-0.25, -0.2) is 0 Å². The van der Waals surface area contributed by atoms with Gasteiger partial charge in [-0.1, -0.05) is 0 Å². The molecule has 1 heterocycles. The number of ether oxygens (including phenoxy) is 1. The molecule has 0 saturated heterocycles. The van der Waals surface area contributed by atoms with E-state index in [1.54, 1.807) is 0 Å². The number of anilines is 2. The monoisotopic (exact) mass is 257 g/mol. The van der Waals surface area contributed by atoms with Crippen molar-refractivity contribution in [2.24, 2.45) is 0 Å². The van der Waals surface area contributed by atoms with Crippen LogP contribution in [-0.4, -0.2) is 57.6 Å². The topological polar surface area (TPSA) is 112 Å². The zero-order chi connectivity index (χ0) is 13.4. The molecule has 0 unspecified atom stereocenters. The van der Waals surface area contributed by atoms with E-state index in [1.165, 1.54) is 0 Å². The Balaban J connectivity index is 2.87. The van der Waals surface area contributed by atoms with Crippen LogP contribution in [0.25, 0.3) is 0 Å². The predicted octanol–water partition coefficient (Wildman–Crippen LogP) is -0.533. The minimum absolute atomic E-state index is 0.195. The maximum Gasteiger partial charge on any atom is 0.323 e. The van der Waals surface area contributed by atoms with Crippen LogP contribution in [0.2, 0.25) is 0 Å². The van der Waals surface area contributed by atoms with Crippen LogP contribution < -0.4 is 15.4 Å². The number of rotatable bonds is 8. The molecular formula is C10H19N5O3. The third-order valence-corrected chi connectivity index (χ3v) is 2.00. The van der Waals surface area contributed by atoms with Crippen molar-refractivity contribution in [2.75, 3.05) is 37.0 Å². The van der Waals surface area contributed by atoms with E-state index in [-0.39, 0.29) is 25.2 Å². The minimum Gasteiger partial charge on any atom is -0.464 e. The van der Waals surface area contributed by atoms with Crippen LogP contribution >= 0.6 is 0 Å². The van der Waals surface area contributed by atoms with Gasteiger partial charge in [0.15, 0.2) is 0 Å². The highest BCUT2D eigenvalue weighted by Crippen LogP contribution is 2.11. The molecule has 0 aliphatic carbocycles. The maximum atomic E-state index is 8.99. The molecule has 0 aromatic carbocycles. The molecule has 0 atom stereocenters. The van der Waals surface area contributed by atoms with Gasteiger partial charge in [-0.3, -0.25) is 0 Å². The molecule has 1 rings (SSSR count). The molecule has 0 spiro atoms. The molecule has 8 nitrogen and oxygen atoms in total. The molecule has 4 N–H and O–H groups in total. The van der Waals surface area contributed by atoms with Gasteiger partial charge in [-0.15, -0.1) is 0 Å². The molecule has 0 saturated carbocycles. The summed E-state index contributed by atoms with van der Waals surface area (Å²) in [5.74, 6) is 0.630. The van der Waals surface area contributed by atoms with E-state index in [0.29, 0.717) is 19.1 Å². The lowest BCUT2D eigenvalue weighted by Crippen LogP contribution is -2.29. The lowest BCUT2D eigenvalue weighted by Gasteiger charge is -2.14. The van der Waals surface area contributed by atoms with Crippen LogP contribution in [0.15, 0.2) is 0 Å². The summed E-state index contributed by atoms with van der Waals surface area (Å²) in [5, 5.41) is 23.7. The van der Waals surface area contributed by atoms with E-state index < -0.39 is 6.04 Å². The number of aromatic nitrogens is 3. The van der Waals surface area contributed by atoms with Crippen molar-refractivity contribution in [1.29, 1.82) is 0 Å². The quantitative estimate of drug-likeness (QED) is 0.491. The van der Waals surface area contributed by atoms with Gasteiger partial charge < -0.3 is 25.6 Å². The van der Waals surface area contributed by atoms with Crippen LogP contribution in [0.1, 0.15) is 13.8 Å². The van der Waals surface area contributed by atoms with Gasteiger partial charge in [0.25, 0.3) is 0 Å². The Morgan fingerprint density at radius 2 is 1.78 bits per heavy atom. The summed E-state index contributed by atoms with van der Waals surface area (Å²) in [5.41, 5.74) is 0. The summed E-state index contributed by atoms with van der Waals surface area (Å²) in [6.45, 7) is 4.41.